The van der Waals surface area contributed by atoms with Gasteiger partial charge in [0, 0.05) is 39.7 Å². The Morgan fingerprint density at radius 2 is 2.04 bits per heavy atom. The fraction of sp³-hybridized carbons (Fsp3) is 0.600. The number of rotatable bonds is 5. The zero-order chi connectivity index (χ0) is 18.6. The van der Waals surface area contributed by atoms with Crippen LogP contribution in [0, 0.1) is 11.2 Å². The molecule has 0 atom stereocenters. The number of hydrogen-bond donors (Lipinski definition) is 0. The number of benzene rings is 1. The van der Waals surface area contributed by atoms with Crippen LogP contribution in [0.5, 0.6) is 0 Å². The number of methoxy groups -OCH3 is 1. The molecule has 2 aliphatic heterocycles. The molecule has 1 aromatic rings. The van der Waals surface area contributed by atoms with Crippen molar-refractivity contribution >= 4 is 11.8 Å². The van der Waals surface area contributed by atoms with Crippen LogP contribution in [0.2, 0.25) is 0 Å². The molecule has 1 aromatic carbocycles. The van der Waals surface area contributed by atoms with E-state index >= 15 is 0 Å². The standard InChI is InChI=1S/C20H27FN2O3/c1-26-12-11-23-15-20(6-5-18(23)24)7-9-22(10-8-20)19(25)14-16-3-2-4-17(21)13-16/h2-4,13H,5-12,14-15H2,1H3. The highest BCUT2D eigenvalue weighted by molar-refractivity contribution is 5.79. The quantitative estimate of drug-likeness (QED) is 0.807. The maximum atomic E-state index is 13.3. The molecule has 0 saturated carbocycles. The summed E-state index contributed by atoms with van der Waals surface area (Å²) in [5.41, 5.74) is 0.835. The molecule has 2 amide bonds. The molecule has 0 aromatic heterocycles. The Bertz CT molecular complexity index is 656. The van der Waals surface area contributed by atoms with E-state index in [-0.39, 0.29) is 29.5 Å². The van der Waals surface area contributed by atoms with Gasteiger partial charge < -0.3 is 14.5 Å². The Labute approximate surface area is 154 Å². The SMILES string of the molecule is COCCN1CC2(CCC1=O)CCN(C(=O)Cc1cccc(F)c1)CC2. The summed E-state index contributed by atoms with van der Waals surface area (Å²) < 4.78 is 18.4. The first kappa shape index (κ1) is 18.8. The van der Waals surface area contributed by atoms with Crippen LogP contribution in [-0.2, 0) is 20.7 Å². The predicted octanol–water partition coefficient (Wildman–Crippen LogP) is 2.25. The number of carbonyl (C=O) groups is 2. The van der Waals surface area contributed by atoms with E-state index in [4.69, 9.17) is 4.74 Å². The summed E-state index contributed by atoms with van der Waals surface area (Å²) >= 11 is 0. The van der Waals surface area contributed by atoms with E-state index in [1.54, 1.807) is 19.2 Å². The number of hydrogen-bond acceptors (Lipinski definition) is 3. The number of nitrogens with zero attached hydrogens (tertiary/aromatic N) is 2. The van der Waals surface area contributed by atoms with Crippen molar-refractivity contribution in [3.63, 3.8) is 0 Å². The average molecular weight is 362 g/mol. The molecule has 0 unspecified atom stereocenters. The van der Waals surface area contributed by atoms with E-state index in [9.17, 15) is 14.0 Å². The number of likely N-dealkylation sites (tertiary alicyclic amines) is 2. The van der Waals surface area contributed by atoms with Crippen LogP contribution in [-0.4, -0.2) is 61.5 Å². The fourth-order valence-corrected chi connectivity index (χ4v) is 4.08. The Kier molecular flexibility index (Phi) is 5.91. The van der Waals surface area contributed by atoms with Crippen molar-refractivity contribution in [2.45, 2.75) is 32.1 Å². The Hall–Kier alpha value is -1.95. The van der Waals surface area contributed by atoms with Gasteiger partial charge in [0.25, 0.3) is 0 Å². The lowest BCUT2D eigenvalue weighted by Crippen LogP contribution is -2.53. The van der Waals surface area contributed by atoms with Crippen LogP contribution < -0.4 is 0 Å². The largest absolute Gasteiger partial charge is 0.383 e. The van der Waals surface area contributed by atoms with Crippen LogP contribution in [0.3, 0.4) is 0 Å². The van der Waals surface area contributed by atoms with Gasteiger partial charge in [-0.2, -0.15) is 0 Å². The van der Waals surface area contributed by atoms with Crippen molar-refractivity contribution in [3.8, 4) is 0 Å². The molecule has 2 heterocycles. The molecule has 2 saturated heterocycles. The summed E-state index contributed by atoms with van der Waals surface area (Å²) in [7, 11) is 1.65. The second-order valence-electron chi connectivity index (χ2n) is 7.50. The van der Waals surface area contributed by atoms with Crippen molar-refractivity contribution in [2.75, 3.05) is 39.9 Å². The first-order chi connectivity index (χ1) is 12.5. The highest BCUT2D eigenvalue weighted by Gasteiger charge is 2.41. The van der Waals surface area contributed by atoms with Crippen molar-refractivity contribution in [3.05, 3.63) is 35.6 Å². The summed E-state index contributed by atoms with van der Waals surface area (Å²) in [6, 6.07) is 6.23. The summed E-state index contributed by atoms with van der Waals surface area (Å²) in [6.07, 6.45) is 3.56. The molecule has 0 N–H and O–H groups in total. The molecule has 1 spiro atoms. The van der Waals surface area contributed by atoms with Gasteiger partial charge >= 0.3 is 0 Å². The molecule has 2 aliphatic rings. The normalized spacial score (nSPS) is 19.8. The minimum atomic E-state index is -0.309. The highest BCUT2D eigenvalue weighted by atomic mass is 19.1. The van der Waals surface area contributed by atoms with Crippen molar-refractivity contribution in [2.24, 2.45) is 5.41 Å². The molecule has 0 bridgehead atoms. The number of carbonyl (C=O) groups excluding carboxylic acids is 2. The van der Waals surface area contributed by atoms with Gasteiger partial charge in [0.05, 0.1) is 13.0 Å². The first-order valence-electron chi connectivity index (χ1n) is 9.30. The molecule has 0 aliphatic carbocycles. The minimum absolute atomic E-state index is 0.0496. The molecule has 2 fully saturated rings. The molecule has 6 heteroatoms. The topological polar surface area (TPSA) is 49.9 Å². The lowest BCUT2D eigenvalue weighted by molar-refractivity contribution is -0.142. The fourth-order valence-electron chi connectivity index (χ4n) is 4.08. The molecule has 0 radical (unpaired) electrons. The lowest BCUT2D eigenvalue weighted by Gasteiger charge is -2.47. The van der Waals surface area contributed by atoms with Crippen LogP contribution in [0.15, 0.2) is 24.3 Å². The molecule has 3 rings (SSSR count). The third-order valence-electron chi connectivity index (χ3n) is 5.73. The Balaban J connectivity index is 1.54. The van der Waals surface area contributed by atoms with Gasteiger partial charge in [0.1, 0.15) is 5.82 Å². The van der Waals surface area contributed by atoms with Crippen LogP contribution in [0.25, 0.3) is 0 Å². The van der Waals surface area contributed by atoms with Crippen LogP contribution in [0.1, 0.15) is 31.2 Å². The third-order valence-corrected chi connectivity index (χ3v) is 5.73. The summed E-state index contributed by atoms with van der Waals surface area (Å²) in [5, 5.41) is 0. The molecular weight excluding hydrogens is 335 g/mol. The van der Waals surface area contributed by atoms with Crippen molar-refractivity contribution in [1.29, 1.82) is 0 Å². The number of amides is 2. The van der Waals surface area contributed by atoms with Gasteiger partial charge in [-0.1, -0.05) is 12.1 Å². The van der Waals surface area contributed by atoms with E-state index in [1.807, 2.05) is 9.80 Å². The molecular formula is C20H27FN2O3. The number of halogens is 1. The third kappa shape index (κ3) is 4.41. The van der Waals surface area contributed by atoms with Gasteiger partial charge in [-0.05, 0) is 42.4 Å². The van der Waals surface area contributed by atoms with Crippen molar-refractivity contribution < 1.29 is 18.7 Å². The maximum Gasteiger partial charge on any atom is 0.226 e. The minimum Gasteiger partial charge on any atom is -0.383 e. The van der Waals surface area contributed by atoms with E-state index in [1.165, 1.54) is 12.1 Å². The Morgan fingerprint density at radius 3 is 2.73 bits per heavy atom. The van der Waals surface area contributed by atoms with Gasteiger partial charge in [0.15, 0.2) is 0 Å². The summed E-state index contributed by atoms with van der Waals surface area (Å²) in [6.45, 7) is 3.38. The second-order valence-corrected chi connectivity index (χ2v) is 7.50. The zero-order valence-corrected chi connectivity index (χ0v) is 15.4. The van der Waals surface area contributed by atoms with Gasteiger partial charge in [-0.15, -0.1) is 0 Å². The van der Waals surface area contributed by atoms with Gasteiger partial charge in [0.2, 0.25) is 11.8 Å². The smallest absolute Gasteiger partial charge is 0.226 e. The number of ether oxygens (including phenoxy) is 1. The molecule has 5 nitrogen and oxygen atoms in total. The maximum absolute atomic E-state index is 13.3. The van der Waals surface area contributed by atoms with E-state index in [2.05, 4.69) is 0 Å². The average Bonchev–Trinajstić information content (AvgIpc) is 2.63. The van der Waals surface area contributed by atoms with E-state index < -0.39 is 0 Å². The molecule has 142 valence electrons. The van der Waals surface area contributed by atoms with Gasteiger partial charge in [-0.3, -0.25) is 9.59 Å². The lowest BCUT2D eigenvalue weighted by atomic mass is 9.72. The first-order valence-corrected chi connectivity index (χ1v) is 9.30. The summed E-state index contributed by atoms with van der Waals surface area (Å²) in [5.74, 6) is -0.0539. The van der Waals surface area contributed by atoms with E-state index in [0.717, 1.165) is 25.8 Å². The Morgan fingerprint density at radius 1 is 1.27 bits per heavy atom. The number of piperidine rings is 2. The van der Waals surface area contributed by atoms with Crippen LogP contribution >= 0.6 is 0 Å². The zero-order valence-electron chi connectivity index (χ0n) is 15.4. The van der Waals surface area contributed by atoms with Crippen LogP contribution in [0.4, 0.5) is 4.39 Å². The summed E-state index contributed by atoms with van der Waals surface area (Å²) in [4.78, 5) is 28.4. The second kappa shape index (κ2) is 8.16. The molecule has 26 heavy (non-hydrogen) atoms. The highest BCUT2D eigenvalue weighted by Crippen LogP contribution is 2.40. The van der Waals surface area contributed by atoms with E-state index in [0.29, 0.717) is 38.2 Å². The predicted molar refractivity (Wildman–Crippen MR) is 96.0 cm³/mol. The van der Waals surface area contributed by atoms with Crippen molar-refractivity contribution in [1.82, 2.24) is 9.80 Å². The monoisotopic (exact) mass is 362 g/mol. The van der Waals surface area contributed by atoms with Gasteiger partial charge in [-0.25, -0.2) is 4.39 Å².